The van der Waals surface area contributed by atoms with E-state index in [9.17, 15) is 31.8 Å². The average molecular weight is 575 g/mol. The van der Waals surface area contributed by atoms with Gasteiger partial charge in [-0.05, 0) is 88.5 Å². The van der Waals surface area contributed by atoms with Crippen LogP contribution in [0, 0.1) is 29.3 Å². The molecule has 214 valence electrons. The Kier molecular flexibility index (Phi) is 7.67. The molecule has 2 aromatic carbocycles. The normalized spacial score (nSPS) is 23.9. The van der Waals surface area contributed by atoms with E-state index in [-0.39, 0.29) is 54.1 Å². The predicted molar refractivity (Wildman–Crippen MR) is 144 cm³/mol. The van der Waals surface area contributed by atoms with Crippen molar-refractivity contribution < 1.29 is 31.8 Å². The van der Waals surface area contributed by atoms with Crippen molar-refractivity contribution in [3.05, 3.63) is 70.5 Å². The molecule has 2 saturated heterocycles. The van der Waals surface area contributed by atoms with Gasteiger partial charge in [0.2, 0.25) is 5.91 Å². The Hall–Kier alpha value is -3.01. The first-order chi connectivity index (χ1) is 18.8. The lowest BCUT2D eigenvalue weighted by Gasteiger charge is -2.42. The summed E-state index contributed by atoms with van der Waals surface area (Å²) >= 11 is 0. The van der Waals surface area contributed by atoms with E-state index in [0.717, 1.165) is 23.8 Å². The van der Waals surface area contributed by atoms with E-state index in [2.05, 4.69) is 0 Å². The zero-order chi connectivity index (χ0) is 28.9. The topological polar surface area (TPSA) is 74.8 Å². The second-order valence-electron chi connectivity index (χ2n) is 12.1. The number of nitrogens with zero attached hydrogens (tertiary/aromatic N) is 2. The van der Waals surface area contributed by atoms with Gasteiger partial charge in [-0.3, -0.25) is 23.5 Å². The zero-order valence-electron chi connectivity index (χ0n) is 22.8. The number of amides is 3. The van der Waals surface area contributed by atoms with Crippen molar-refractivity contribution >= 4 is 28.5 Å². The maximum Gasteiger partial charge on any atom is 0.262 e. The highest BCUT2D eigenvalue weighted by Gasteiger charge is 2.47. The largest absolute Gasteiger partial charge is 0.335 e. The van der Waals surface area contributed by atoms with Crippen molar-refractivity contribution in [1.29, 1.82) is 0 Å². The smallest absolute Gasteiger partial charge is 0.262 e. The van der Waals surface area contributed by atoms with Crippen LogP contribution >= 0.6 is 0 Å². The molecule has 2 bridgehead atoms. The van der Waals surface area contributed by atoms with Crippen molar-refractivity contribution in [1.82, 2.24) is 9.80 Å². The fourth-order valence-electron chi connectivity index (χ4n) is 6.42. The molecular formula is C30H33F3N2O4S. The van der Waals surface area contributed by atoms with E-state index in [1.165, 1.54) is 0 Å². The van der Waals surface area contributed by atoms with E-state index in [1.54, 1.807) is 29.2 Å². The second-order valence-corrected chi connectivity index (χ2v) is 14.4. The summed E-state index contributed by atoms with van der Waals surface area (Å²) in [5.74, 6) is -4.46. The van der Waals surface area contributed by atoms with Crippen LogP contribution in [0.15, 0.2) is 36.4 Å². The summed E-state index contributed by atoms with van der Waals surface area (Å²) in [6.07, 6.45) is 2.79. The summed E-state index contributed by atoms with van der Waals surface area (Å²) in [7, 11) is -1.26. The molecular weight excluding hydrogens is 541 g/mol. The SMILES string of the molecule is CC(C)(C)[S@](=O)C[C@@H](Cc1cc(F)c(F)cc1F)C1C[C@H]2CC[C@@H](C1)N2C(=O)CN1C(=O)c2ccccc2C1=O. The van der Waals surface area contributed by atoms with Gasteiger partial charge in [0.15, 0.2) is 11.6 Å². The maximum atomic E-state index is 14.6. The molecule has 0 spiro atoms. The molecule has 3 heterocycles. The van der Waals surface area contributed by atoms with Gasteiger partial charge in [0.05, 0.1) is 11.1 Å². The molecule has 3 aliphatic heterocycles. The standard InChI is InChI=1S/C30H33F3N2O4S/c1-30(2,3)40(39)16-19(10-18-13-25(32)26(33)14-24(18)31)17-11-20-8-9-21(12-17)35(20)27(36)15-34-28(37)22-6-4-5-7-23(22)29(34)38/h4-7,13-14,17,19-21H,8-12,15-16H2,1-3H3/t17?,19-,20-,21+,40-/m1/s1. The highest BCUT2D eigenvalue weighted by molar-refractivity contribution is 7.86. The van der Waals surface area contributed by atoms with E-state index in [0.29, 0.717) is 30.0 Å². The number of carbonyl (C=O) groups excluding carboxylic acids is 3. The molecule has 3 aliphatic rings. The first-order valence-electron chi connectivity index (χ1n) is 13.6. The van der Waals surface area contributed by atoms with Crippen LogP contribution in [0.1, 0.15) is 72.7 Å². The molecule has 5 atom stereocenters. The number of imide groups is 1. The van der Waals surface area contributed by atoms with Crippen LogP contribution in [0.25, 0.3) is 0 Å². The van der Waals surface area contributed by atoms with E-state index in [1.807, 2.05) is 20.8 Å². The van der Waals surface area contributed by atoms with Gasteiger partial charge in [0.1, 0.15) is 12.4 Å². The summed E-state index contributed by atoms with van der Waals surface area (Å²) in [5.41, 5.74) is 0.633. The second kappa shape index (κ2) is 10.8. The number of carbonyl (C=O) groups is 3. The molecule has 0 saturated carbocycles. The van der Waals surface area contributed by atoms with Crippen molar-refractivity contribution in [2.45, 2.75) is 69.7 Å². The number of rotatable bonds is 7. The van der Waals surface area contributed by atoms with Gasteiger partial charge in [0.25, 0.3) is 11.8 Å². The van der Waals surface area contributed by atoms with Crippen LogP contribution < -0.4 is 0 Å². The van der Waals surface area contributed by atoms with Gasteiger partial charge in [-0.25, -0.2) is 13.2 Å². The fourth-order valence-corrected chi connectivity index (χ4v) is 7.70. The predicted octanol–water partition coefficient (Wildman–Crippen LogP) is 4.88. The zero-order valence-corrected chi connectivity index (χ0v) is 23.6. The number of piperidine rings is 1. The fraction of sp³-hybridized carbons (Fsp3) is 0.500. The first-order valence-corrected chi connectivity index (χ1v) is 14.9. The van der Waals surface area contributed by atoms with Crippen LogP contribution in [0.3, 0.4) is 0 Å². The van der Waals surface area contributed by atoms with Gasteiger partial charge >= 0.3 is 0 Å². The highest BCUT2D eigenvalue weighted by Crippen LogP contribution is 2.43. The van der Waals surface area contributed by atoms with Crippen LogP contribution in [0.4, 0.5) is 13.2 Å². The average Bonchev–Trinajstić information content (AvgIpc) is 3.30. The number of fused-ring (bicyclic) bond motifs is 3. The molecule has 10 heteroatoms. The first kappa shape index (κ1) is 28.5. The number of hydrogen-bond acceptors (Lipinski definition) is 4. The maximum absolute atomic E-state index is 14.6. The van der Waals surface area contributed by atoms with Crippen LogP contribution in [0.5, 0.6) is 0 Å². The molecule has 40 heavy (non-hydrogen) atoms. The molecule has 0 aliphatic carbocycles. The molecule has 6 nitrogen and oxygen atoms in total. The number of halogens is 3. The lowest BCUT2D eigenvalue weighted by molar-refractivity contribution is -0.137. The number of benzene rings is 2. The van der Waals surface area contributed by atoms with Gasteiger partial charge < -0.3 is 4.90 Å². The molecule has 2 aromatic rings. The molecule has 1 unspecified atom stereocenters. The van der Waals surface area contributed by atoms with Crippen LogP contribution in [-0.4, -0.2) is 60.9 Å². The van der Waals surface area contributed by atoms with Crippen molar-refractivity contribution in [2.24, 2.45) is 11.8 Å². The lowest BCUT2D eigenvalue weighted by Crippen LogP contribution is -2.52. The summed E-state index contributed by atoms with van der Waals surface area (Å²) in [6.45, 7) is 5.26. The Bertz CT molecular complexity index is 1340. The Balaban J connectivity index is 1.33. The lowest BCUT2D eigenvalue weighted by atomic mass is 9.78. The highest BCUT2D eigenvalue weighted by atomic mass is 32.2. The third kappa shape index (κ3) is 5.34. The third-order valence-electron chi connectivity index (χ3n) is 8.52. The summed E-state index contributed by atoms with van der Waals surface area (Å²) in [4.78, 5) is 41.8. The minimum Gasteiger partial charge on any atom is -0.335 e. The Morgan fingerprint density at radius 3 is 2.05 bits per heavy atom. The van der Waals surface area contributed by atoms with Gasteiger partial charge in [-0.2, -0.15) is 0 Å². The minimum atomic E-state index is -1.26. The van der Waals surface area contributed by atoms with E-state index >= 15 is 0 Å². The van der Waals surface area contributed by atoms with Gasteiger partial charge in [-0.1, -0.05) is 12.1 Å². The third-order valence-corrected chi connectivity index (χ3v) is 10.6. The van der Waals surface area contributed by atoms with Gasteiger partial charge in [0, 0.05) is 39.4 Å². The van der Waals surface area contributed by atoms with Crippen molar-refractivity contribution in [3.63, 3.8) is 0 Å². The Labute approximate surface area is 234 Å². The molecule has 0 aromatic heterocycles. The summed E-state index contributed by atoms with van der Waals surface area (Å²) in [5, 5.41) is 0. The number of hydrogen-bond donors (Lipinski definition) is 0. The molecule has 3 amide bonds. The molecule has 5 rings (SSSR count). The summed E-state index contributed by atoms with van der Waals surface area (Å²) < 4.78 is 54.8. The summed E-state index contributed by atoms with van der Waals surface area (Å²) in [6, 6.07) is 7.67. The van der Waals surface area contributed by atoms with Crippen LogP contribution in [0.2, 0.25) is 0 Å². The van der Waals surface area contributed by atoms with E-state index in [4.69, 9.17) is 0 Å². The minimum absolute atomic E-state index is 0.0142. The monoisotopic (exact) mass is 574 g/mol. The Morgan fingerprint density at radius 2 is 1.50 bits per heavy atom. The Morgan fingerprint density at radius 1 is 0.950 bits per heavy atom. The molecule has 0 radical (unpaired) electrons. The van der Waals surface area contributed by atoms with E-state index < -0.39 is 44.8 Å². The van der Waals surface area contributed by atoms with Crippen molar-refractivity contribution in [3.8, 4) is 0 Å². The molecule has 0 N–H and O–H groups in total. The van der Waals surface area contributed by atoms with Gasteiger partial charge in [-0.15, -0.1) is 0 Å². The quantitative estimate of drug-likeness (QED) is 0.349. The van der Waals surface area contributed by atoms with Crippen molar-refractivity contribution in [2.75, 3.05) is 12.3 Å². The van der Waals surface area contributed by atoms with Crippen LogP contribution in [-0.2, 0) is 22.0 Å². The molecule has 2 fully saturated rings.